The number of carbonyl (C=O) groups excluding carboxylic acids is 1. The Morgan fingerprint density at radius 2 is 1.76 bits per heavy atom. The van der Waals surface area contributed by atoms with Crippen molar-refractivity contribution in [3.8, 4) is 11.5 Å². The summed E-state index contributed by atoms with van der Waals surface area (Å²) >= 11 is 0. The van der Waals surface area contributed by atoms with E-state index in [0.29, 0.717) is 24.5 Å². The van der Waals surface area contributed by atoms with E-state index in [-0.39, 0.29) is 5.78 Å². The average molecular weight is 238 g/mol. The second kappa shape index (κ2) is 6.25. The number of ketones is 1. The monoisotopic (exact) mass is 238 g/mol. The number of methoxy groups -OCH3 is 3. The predicted octanol–water partition coefficient (Wildman–Crippen LogP) is 1.98. The molecule has 0 atom stereocenters. The maximum atomic E-state index is 11.2. The Morgan fingerprint density at radius 3 is 2.24 bits per heavy atom. The molecule has 0 bridgehead atoms. The van der Waals surface area contributed by atoms with Crippen LogP contribution in [0, 0.1) is 0 Å². The van der Waals surface area contributed by atoms with Crippen molar-refractivity contribution < 1.29 is 19.0 Å². The van der Waals surface area contributed by atoms with Gasteiger partial charge in [-0.2, -0.15) is 0 Å². The third kappa shape index (κ3) is 3.46. The molecule has 0 saturated carbocycles. The van der Waals surface area contributed by atoms with E-state index in [1.165, 1.54) is 0 Å². The molecule has 0 N–H and O–H groups in total. The van der Waals surface area contributed by atoms with Crippen LogP contribution in [0.5, 0.6) is 11.5 Å². The SMILES string of the molecule is COCc1cc(OC)cc(CC(C)=O)c1OC. The van der Waals surface area contributed by atoms with Crippen LogP contribution in [0.25, 0.3) is 0 Å². The zero-order chi connectivity index (χ0) is 12.8. The molecule has 0 spiro atoms. The second-order valence-electron chi connectivity index (χ2n) is 3.79. The molecular weight excluding hydrogens is 220 g/mol. The number of benzene rings is 1. The highest BCUT2D eigenvalue weighted by atomic mass is 16.5. The lowest BCUT2D eigenvalue weighted by Crippen LogP contribution is -2.04. The summed E-state index contributed by atoms with van der Waals surface area (Å²) in [6, 6.07) is 3.67. The third-order valence-corrected chi connectivity index (χ3v) is 2.40. The van der Waals surface area contributed by atoms with Crippen molar-refractivity contribution in [1.29, 1.82) is 0 Å². The summed E-state index contributed by atoms with van der Waals surface area (Å²) in [4.78, 5) is 11.2. The Balaban J connectivity index is 3.23. The van der Waals surface area contributed by atoms with Gasteiger partial charge in [0.05, 0.1) is 20.8 Å². The van der Waals surface area contributed by atoms with Crippen LogP contribution >= 0.6 is 0 Å². The maximum Gasteiger partial charge on any atom is 0.134 e. The molecule has 0 radical (unpaired) electrons. The van der Waals surface area contributed by atoms with Crippen LogP contribution < -0.4 is 9.47 Å². The van der Waals surface area contributed by atoms with Crippen LogP contribution in [0.3, 0.4) is 0 Å². The van der Waals surface area contributed by atoms with E-state index in [4.69, 9.17) is 14.2 Å². The zero-order valence-electron chi connectivity index (χ0n) is 10.7. The molecule has 0 aliphatic carbocycles. The first-order valence-corrected chi connectivity index (χ1v) is 5.34. The van der Waals surface area contributed by atoms with Gasteiger partial charge in [0.1, 0.15) is 17.3 Å². The van der Waals surface area contributed by atoms with Gasteiger partial charge in [-0.05, 0) is 19.1 Å². The first-order valence-electron chi connectivity index (χ1n) is 5.34. The predicted molar refractivity (Wildman–Crippen MR) is 64.6 cm³/mol. The number of carbonyl (C=O) groups is 1. The Morgan fingerprint density at radius 1 is 1.12 bits per heavy atom. The Hall–Kier alpha value is -1.55. The normalized spacial score (nSPS) is 10.1. The molecule has 1 aromatic carbocycles. The van der Waals surface area contributed by atoms with Crippen molar-refractivity contribution in [2.75, 3.05) is 21.3 Å². The van der Waals surface area contributed by atoms with Crippen LogP contribution in [0.2, 0.25) is 0 Å². The number of hydrogen-bond donors (Lipinski definition) is 0. The van der Waals surface area contributed by atoms with Crippen molar-refractivity contribution in [2.24, 2.45) is 0 Å². The lowest BCUT2D eigenvalue weighted by atomic mass is 10.0. The van der Waals surface area contributed by atoms with Crippen molar-refractivity contribution in [3.05, 3.63) is 23.3 Å². The Labute approximate surface area is 101 Å². The number of Topliss-reactive ketones (excluding diaryl/α,β-unsaturated/α-hetero) is 1. The topological polar surface area (TPSA) is 44.8 Å². The van der Waals surface area contributed by atoms with Crippen molar-refractivity contribution in [3.63, 3.8) is 0 Å². The highest BCUT2D eigenvalue weighted by Crippen LogP contribution is 2.30. The quantitative estimate of drug-likeness (QED) is 0.760. The second-order valence-corrected chi connectivity index (χ2v) is 3.79. The van der Waals surface area contributed by atoms with Gasteiger partial charge < -0.3 is 14.2 Å². The Kier molecular flexibility index (Phi) is 4.97. The molecule has 1 rings (SSSR count). The van der Waals surface area contributed by atoms with Crippen molar-refractivity contribution in [2.45, 2.75) is 20.0 Å². The molecule has 0 saturated heterocycles. The van der Waals surface area contributed by atoms with E-state index in [1.54, 1.807) is 28.3 Å². The minimum Gasteiger partial charge on any atom is -0.497 e. The molecule has 1 aromatic rings. The van der Waals surface area contributed by atoms with Gasteiger partial charge in [-0.3, -0.25) is 4.79 Å². The third-order valence-electron chi connectivity index (χ3n) is 2.40. The summed E-state index contributed by atoms with van der Waals surface area (Å²) in [7, 11) is 4.80. The van der Waals surface area contributed by atoms with Gasteiger partial charge in [-0.1, -0.05) is 0 Å². The fraction of sp³-hybridized carbons (Fsp3) is 0.462. The molecule has 0 aliphatic heterocycles. The zero-order valence-corrected chi connectivity index (χ0v) is 10.7. The van der Waals surface area contributed by atoms with Gasteiger partial charge in [-0.25, -0.2) is 0 Å². The van der Waals surface area contributed by atoms with Gasteiger partial charge in [0, 0.05) is 24.7 Å². The summed E-state index contributed by atoms with van der Waals surface area (Å²) in [5.74, 6) is 1.48. The Bertz CT molecular complexity index is 399. The summed E-state index contributed by atoms with van der Waals surface area (Å²) in [5.41, 5.74) is 1.71. The van der Waals surface area contributed by atoms with Crippen LogP contribution in [0.1, 0.15) is 18.1 Å². The molecule has 0 amide bonds. The van der Waals surface area contributed by atoms with Gasteiger partial charge in [0.15, 0.2) is 0 Å². The minimum absolute atomic E-state index is 0.0833. The van der Waals surface area contributed by atoms with Crippen LogP contribution in [0.15, 0.2) is 12.1 Å². The molecular formula is C13H18O4. The van der Waals surface area contributed by atoms with E-state index in [0.717, 1.165) is 11.1 Å². The molecule has 0 fully saturated rings. The maximum absolute atomic E-state index is 11.2. The van der Waals surface area contributed by atoms with Gasteiger partial charge in [-0.15, -0.1) is 0 Å². The fourth-order valence-corrected chi connectivity index (χ4v) is 1.76. The summed E-state index contributed by atoms with van der Waals surface area (Å²) < 4.78 is 15.7. The lowest BCUT2D eigenvalue weighted by molar-refractivity contribution is -0.116. The molecule has 0 aromatic heterocycles. The molecule has 0 heterocycles. The number of rotatable bonds is 6. The van der Waals surface area contributed by atoms with Crippen molar-refractivity contribution in [1.82, 2.24) is 0 Å². The minimum atomic E-state index is 0.0833. The van der Waals surface area contributed by atoms with Crippen LogP contribution in [-0.4, -0.2) is 27.1 Å². The van der Waals surface area contributed by atoms with E-state index in [2.05, 4.69) is 0 Å². The van der Waals surface area contributed by atoms with Gasteiger partial charge in [0.2, 0.25) is 0 Å². The number of ether oxygens (including phenoxy) is 3. The van der Waals surface area contributed by atoms with Gasteiger partial charge >= 0.3 is 0 Å². The summed E-state index contributed by atoms with van der Waals surface area (Å²) in [6.07, 6.45) is 0.330. The first kappa shape index (κ1) is 13.5. The summed E-state index contributed by atoms with van der Waals surface area (Å²) in [6.45, 7) is 1.97. The molecule has 4 nitrogen and oxygen atoms in total. The fourth-order valence-electron chi connectivity index (χ4n) is 1.76. The van der Waals surface area contributed by atoms with Crippen LogP contribution in [-0.2, 0) is 22.6 Å². The average Bonchev–Trinajstić information content (AvgIpc) is 2.28. The molecule has 17 heavy (non-hydrogen) atoms. The standard InChI is InChI=1S/C13H18O4/c1-9(14)5-10-6-12(16-3)7-11(8-15-2)13(10)17-4/h6-7H,5,8H2,1-4H3. The molecule has 0 aliphatic rings. The van der Waals surface area contributed by atoms with Gasteiger partial charge in [0.25, 0.3) is 0 Å². The van der Waals surface area contributed by atoms with Crippen LogP contribution in [0.4, 0.5) is 0 Å². The van der Waals surface area contributed by atoms with Crippen molar-refractivity contribution >= 4 is 5.78 Å². The highest BCUT2D eigenvalue weighted by Gasteiger charge is 2.13. The van der Waals surface area contributed by atoms with E-state index in [9.17, 15) is 4.79 Å². The lowest BCUT2D eigenvalue weighted by Gasteiger charge is -2.14. The molecule has 4 heteroatoms. The van der Waals surface area contributed by atoms with E-state index >= 15 is 0 Å². The van der Waals surface area contributed by atoms with E-state index < -0.39 is 0 Å². The highest BCUT2D eigenvalue weighted by molar-refractivity contribution is 5.79. The molecule has 0 unspecified atom stereocenters. The first-order chi connectivity index (χ1) is 8.12. The van der Waals surface area contributed by atoms with E-state index in [1.807, 2.05) is 12.1 Å². The molecule has 94 valence electrons. The number of hydrogen-bond acceptors (Lipinski definition) is 4. The largest absolute Gasteiger partial charge is 0.497 e. The smallest absolute Gasteiger partial charge is 0.134 e. The summed E-state index contributed by atoms with van der Waals surface area (Å²) in [5, 5.41) is 0.